The molecule has 0 aromatic carbocycles. The molecule has 107 heavy (non-hydrogen) atoms. The van der Waals surface area contributed by atoms with Crippen molar-refractivity contribution in [1.82, 2.24) is 0 Å². The molecule has 5 atom stereocenters. The van der Waals surface area contributed by atoms with Crippen LogP contribution in [0.25, 0.3) is 0 Å². The standard InChI is InChI=1S/C89H154O16P2/c1-4-7-10-13-16-19-22-25-27-29-31-33-35-36-37-38-39-40-41-42-43-44-45-46-48-50-51-53-55-58-60-63-66-69-72-75-87(92)99-78-84(90)79-101-106(95,96)102-80-85(91)81-103-107(97,98)104-83-86(105-89(94)77-74-71-68-65-62-57-24-21-18-15-12-9-6-3)82-100-88(93)76-73-70-67-64-61-59-56-54-52-49-47-34-32-30-28-26-23-20-17-14-11-8-5-2/h7,10,12,15-17,19-21,24-28,31-34,36-37,49,52,84-86,90-91H,4-6,8-9,11,13-14,18,22-23,29-30,35,38-48,50-51,53-83H2,1-3H3,(H,95,96)(H,97,98)/b10-7-,15-12-,19-16-,20-17-,24-21-,27-25-,28-26-,33-31-,34-32-,37-36-,52-49-. The molecule has 0 aromatic rings. The van der Waals surface area contributed by atoms with Gasteiger partial charge in [0.1, 0.15) is 25.4 Å². The van der Waals surface area contributed by atoms with Gasteiger partial charge in [-0.3, -0.25) is 32.5 Å². The first kappa shape index (κ1) is 103. The van der Waals surface area contributed by atoms with E-state index in [0.717, 1.165) is 167 Å². The molecule has 5 unspecified atom stereocenters. The number of carbonyl (C=O) groups is 3. The third-order valence-electron chi connectivity index (χ3n) is 17.8. The van der Waals surface area contributed by atoms with Crippen LogP contribution < -0.4 is 0 Å². The summed E-state index contributed by atoms with van der Waals surface area (Å²) in [5.41, 5.74) is 0. The molecular formula is C89H154O16P2. The fourth-order valence-corrected chi connectivity index (χ4v) is 13.0. The fourth-order valence-electron chi connectivity index (χ4n) is 11.4. The molecular weight excluding hydrogens is 1390 g/mol. The number of ether oxygens (including phenoxy) is 3. The Bertz CT molecular complexity index is 2480. The van der Waals surface area contributed by atoms with Crippen molar-refractivity contribution in [3.63, 3.8) is 0 Å². The lowest BCUT2D eigenvalue weighted by Gasteiger charge is -2.21. The van der Waals surface area contributed by atoms with E-state index in [4.69, 9.17) is 32.3 Å². The van der Waals surface area contributed by atoms with Gasteiger partial charge < -0.3 is 34.2 Å². The molecule has 0 spiro atoms. The number of phosphoric ester groups is 2. The van der Waals surface area contributed by atoms with Crippen LogP contribution in [0, 0.1) is 0 Å². The van der Waals surface area contributed by atoms with Gasteiger partial charge in [0.15, 0.2) is 6.10 Å². The number of aliphatic hydroxyl groups is 2. The van der Waals surface area contributed by atoms with Crippen LogP contribution in [0.3, 0.4) is 0 Å². The number of hydrogen-bond donors (Lipinski definition) is 4. The van der Waals surface area contributed by atoms with Crippen molar-refractivity contribution >= 4 is 33.6 Å². The van der Waals surface area contributed by atoms with Crippen molar-refractivity contribution in [3.8, 4) is 0 Å². The predicted molar refractivity (Wildman–Crippen MR) is 445 cm³/mol. The van der Waals surface area contributed by atoms with Crippen molar-refractivity contribution < 1.29 is 75.8 Å². The Hall–Kier alpha value is -4.31. The Morgan fingerprint density at radius 1 is 0.271 bits per heavy atom. The smallest absolute Gasteiger partial charge is 0.463 e. The highest BCUT2D eigenvalue weighted by atomic mass is 31.2. The maximum atomic E-state index is 13.0. The van der Waals surface area contributed by atoms with Crippen LogP contribution >= 0.6 is 15.6 Å². The van der Waals surface area contributed by atoms with E-state index in [1.165, 1.54) is 128 Å². The first-order chi connectivity index (χ1) is 52.2. The number of allylic oxidation sites excluding steroid dienone is 22. The monoisotopic (exact) mass is 1540 g/mol. The molecule has 0 aliphatic heterocycles. The molecule has 16 nitrogen and oxygen atoms in total. The summed E-state index contributed by atoms with van der Waals surface area (Å²) in [5, 5.41) is 20.7. The van der Waals surface area contributed by atoms with Crippen LogP contribution in [-0.2, 0) is 55.8 Å². The molecule has 616 valence electrons. The van der Waals surface area contributed by atoms with Gasteiger partial charge in [0.25, 0.3) is 0 Å². The van der Waals surface area contributed by atoms with Crippen LogP contribution in [0.1, 0.15) is 355 Å². The molecule has 0 aliphatic rings. The zero-order valence-corrected chi connectivity index (χ0v) is 69.3. The van der Waals surface area contributed by atoms with Crippen molar-refractivity contribution in [2.45, 2.75) is 373 Å². The number of rotatable bonds is 80. The second-order valence-corrected chi connectivity index (χ2v) is 31.2. The molecule has 0 aromatic heterocycles. The van der Waals surface area contributed by atoms with Gasteiger partial charge >= 0.3 is 33.6 Å². The molecule has 0 saturated carbocycles. The Kier molecular flexibility index (Phi) is 77.9. The zero-order valence-electron chi connectivity index (χ0n) is 67.5. The number of phosphoric acid groups is 2. The first-order valence-corrected chi connectivity index (χ1v) is 45.5. The number of carbonyl (C=O) groups excluding carboxylic acids is 3. The van der Waals surface area contributed by atoms with E-state index < -0.39 is 91.5 Å². The van der Waals surface area contributed by atoms with E-state index in [0.29, 0.717) is 19.3 Å². The lowest BCUT2D eigenvalue weighted by atomic mass is 10.0. The largest absolute Gasteiger partial charge is 0.472 e. The Labute approximate surface area is 652 Å². The number of unbranched alkanes of at least 4 members (excludes halogenated alkanes) is 35. The second-order valence-electron chi connectivity index (χ2n) is 28.2. The molecule has 0 radical (unpaired) electrons. The van der Waals surface area contributed by atoms with Crippen LogP contribution in [0.2, 0.25) is 0 Å². The highest BCUT2D eigenvalue weighted by molar-refractivity contribution is 7.47. The third kappa shape index (κ3) is 82.5. The highest BCUT2D eigenvalue weighted by Gasteiger charge is 2.29. The van der Waals surface area contributed by atoms with Crippen molar-refractivity contribution in [3.05, 3.63) is 134 Å². The van der Waals surface area contributed by atoms with Crippen molar-refractivity contribution in [1.29, 1.82) is 0 Å². The van der Waals surface area contributed by atoms with Gasteiger partial charge in [-0.2, -0.15) is 0 Å². The van der Waals surface area contributed by atoms with E-state index in [-0.39, 0.29) is 19.3 Å². The Morgan fingerprint density at radius 3 is 0.822 bits per heavy atom. The van der Waals surface area contributed by atoms with E-state index in [2.05, 4.69) is 154 Å². The Morgan fingerprint density at radius 2 is 0.514 bits per heavy atom. The average Bonchev–Trinajstić information content (AvgIpc) is 0.909. The molecule has 0 bridgehead atoms. The maximum Gasteiger partial charge on any atom is 0.472 e. The SMILES string of the molecule is CC/C=C\C/C=C\C/C=C\C/C=C\C/C=C\CCCCCCCCCCCCCCCCCCCCCC(=O)OCC(O)COP(=O)(O)OCC(O)COP(=O)(O)OCC(COC(=O)CCCCCCCCC/C=C\C/C=C\C/C=C\C/C=C\CCCCC)OC(=O)CCCCCCC/C=C\C/C=C\CCC. The number of aliphatic hydroxyl groups excluding tert-OH is 2. The second kappa shape index (κ2) is 81.2. The van der Waals surface area contributed by atoms with E-state index in [9.17, 15) is 43.5 Å². The summed E-state index contributed by atoms with van der Waals surface area (Å²) in [5.74, 6) is -1.60. The molecule has 0 fully saturated rings. The molecule has 4 N–H and O–H groups in total. The molecule has 0 amide bonds. The van der Waals surface area contributed by atoms with E-state index in [1.807, 2.05) is 0 Å². The van der Waals surface area contributed by atoms with E-state index in [1.54, 1.807) is 0 Å². The summed E-state index contributed by atoms with van der Waals surface area (Å²) in [6.45, 7) is 2.47. The lowest BCUT2D eigenvalue weighted by Crippen LogP contribution is -2.30. The molecule has 0 aliphatic carbocycles. The first-order valence-electron chi connectivity index (χ1n) is 42.5. The van der Waals surface area contributed by atoms with Gasteiger partial charge in [-0.1, -0.05) is 334 Å². The minimum absolute atomic E-state index is 0.0842. The lowest BCUT2D eigenvalue weighted by molar-refractivity contribution is -0.161. The van der Waals surface area contributed by atoms with Gasteiger partial charge in [0.05, 0.1) is 26.4 Å². The Balaban J connectivity index is 4.39. The minimum atomic E-state index is -4.94. The molecule has 0 heterocycles. The molecule has 0 saturated heterocycles. The quantitative estimate of drug-likeness (QED) is 0.0146. The molecule has 0 rings (SSSR count). The van der Waals surface area contributed by atoms with Crippen molar-refractivity contribution in [2.75, 3.05) is 39.6 Å². The van der Waals surface area contributed by atoms with Gasteiger partial charge in [0, 0.05) is 19.3 Å². The van der Waals surface area contributed by atoms with Gasteiger partial charge in [0.2, 0.25) is 0 Å². The van der Waals surface area contributed by atoms with Gasteiger partial charge in [-0.05, 0) is 135 Å². The van der Waals surface area contributed by atoms with E-state index >= 15 is 0 Å². The van der Waals surface area contributed by atoms with Crippen molar-refractivity contribution in [2.24, 2.45) is 0 Å². The summed E-state index contributed by atoms with van der Waals surface area (Å²) >= 11 is 0. The summed E-state index contributed by atoms with van der Waals surface area (Å²) in [7, 11) is -9.80. The van der Waals surface area contributed by atoms with Gasteiger partial charge in [-0.15, -0.1) is 0 Å². The minimum Gasteiger partial charge on any atom is -0.463 e. The zero-order chi connectivity index (χ0) is 78.0. The average molecular weight is 1540 g/mol. The van der Waals surface area contributed by atoms with Crippen LogP contribution in [0.5, 0.6) is 0 Å². The summed E-state index contributed by atoms with van der Waals surface area (Å²) < 4.78 is 61.2. The van der Waals surface area contributed by atoms with Crippen LogP contribution in [0.15, 0.2) is 134 Å². The summed E-state index contributed by atoms with van der Waals surface area (Å²) in [6, 6.07) is 0. The number of esters is 3. The summed E-state index contributed by atoms with van der Waals surface area (Å²) in [6.07, 6.45) is 99.5. The predicted octanol–water partition coefficient (Wildman–Crippen LogP) is 25.4. The summed E-state index contributed by atoms with van der Waals surface area (Å²) in [4.78, 5) is 58.7. The van der Waals surface area contributed by atoms with Crippen LogP contribution in [0.4, 0.5) is 0 Å². The normalized spacial score (nSPS) is 14.6. The highest BCUT2D eigenvalue weighted by Crippen LogP contribution is 2.45. The number of hydrogen-bond acceptors (Lipinski definition) is 14. The molecule has 18 heteroatoms. The third-order valence-corrected chi connectivity index (χ3v) is 19.7. The maximum absolute atomic E-state index is 13.0. The van der Waals surface area contributed by atoms with Gasteiger partial charge in [-0.25, -0.2) is 9.13 Å². The topological polar surface area (TPSA) is 231 Å². The van der Waals surface area contributed by atoms with Crippen LogP contribution in [-0.4, -0.2) is 95.9 Å². The fraction of sp³-hybridized carbons (Fsp3) is 0.719.